The van der Waals surface area contributed by atoms with Crippen molar-refractivity contribution in [2.75, 3.05) is 4.90 Å². The summed E-state index contributed by atoms with van der Waals surface area (Å²) in [6, 6.07) is 15.2. The number of halogens is 2. The Bertz CT molecular complexity index is 1480. The van der Waals surface area contributed by atoms with Gasteiger partial charge < -0.3 is 9.84 Å². The molecule has 0 saturated carbocycles. The lowest BCUT2D eigenvalue weighted by Gasteiger charge is -2.27. The number of nitrogens with one attached hydrogen (secondary N) is 1. The van der Waals surface area contributed by atoms with E-state index in [2.05, 4.69) is 5.32 Å². The van der Waals surface area contributed by atoms with E-state index >= 15 is 0 Å². The average Bonchev–Trinajstić information content (AvgIpc) is 2.86. The molecule has 1 saturated heterocycles. The summed E-state index contributed by atoms with van der Waals surface area (Å²) in [5.74, 6) is -2.48. The summed E-state index contributed by atoms with van der Waals surface area (Å²) in [7, 11) is 0. The highest BCUT2D eigenvalue weighted by Crippen LogP contribution is 2.36. The van der Waals surface area contributed by atoms with Gasteiger partial charge in [-0.15, -0.1) is 0 Å². The minimum absolute atomic E-state index is 0.0751. The zero-order valence-electron chi connectivity index (χ0n) is 21.2. The summed E-state index contributed by atoms with van der Waals surface area (Å²) in [6.07, 6.45) is 1.30. The van der Waals surface area contributed by atoms with E-state index in [1.807, 2.05) is 32.9 Å². The molecule has 4 amide bonds. The number of amides is 4. The molecule has 3 aromatic rings. The van der Waals surface area contributed by atoms with Crippen molar-refractivity contribution in [3.05, 3.63) is 98.5 Å². The van der Waals surface area contributed by atoms with Crippen LogP contribution in [0.3, 0.4) is 0 Å². The molecule has 200 valence electrons. The highest BCUT2D eigenvalue weighted by molar-refractivity contribution is 6.40. The van der Waals surface area contributed by atoms with E-state index in [9.17, 15) is 19.2 Å². The molecule has 0 radical (unpaired) electrons. The van der Waals surface area contributed by atoms with Crippen LogP contribution in [0.1, 0.15) is 47.8 Å². The number of carboxylic acids is 1. The minimum atomic E-state index is -1.03. The van der Waals surface area contributed by atoms with Crippen LogP contribution < -0.4 is 15.0 Å². The number of hydrogen-bond donors (Lipinski definition) is 2. The molecule has 10 heteroatoms. The van der Waals surface area contributed by atoms with Crippen molar-refractivity contribution in [3.8, 4) is 5.75 Å². The van der Waals surface area contributed by atoms with Crippen molar-refractivity contribution < 1.29 is 29.0 Å². The number of carbonyl (C=O) groups is 4. The second-order valence-corrected chi connectivity index (χ2v) is 10.7. The Morgan fingerprint density at radius 2 is 1.56 bits per heavy atom. The lowest BCUT2D eigenvalue weighted by molar-refractivity contribution is -0.122. The number of carboxylic acid groups (broad SMARTS) is 1. The fourth-order valence-electron chi connectivity index (χ4n) is 3.87. The normalized spacial score (nSPS) is 14.9. The summed E-state index contributed by atoms with van der Waals surface area (Å²) in [4.78, 5) is 50.3. The van der Waals surface area contributed by atoms with Gasteiger partial charge in [0.1, 0.15) is 12.2 Å². The number of imide groups is 2. The van der Waals surface area contributed by atoms with E-state index in [0.29, 0.717) is 16.8 Å². The van der Waals surface area contributed by atoms with Gasteiger partial charge in [0, 0.05) is 0 Å². The molecule has 3 aromatic carbocycles. The lowest BCUT2D eigenvalue weighted by atomic mass is 9.87. The third-order valence-corrected chi connectivity index (χ3v) is 6.57. The van der Waals surface area contributed by atoms with E-state index in [-0.39, 0.29) is 39.0 Å². The third kappa shape index (κ3) is 6.13. The molecule has 0 aromatic heterocycles. The second kappa shape index (κ2) is 10.9. The third-order valence-electron chi connectivity index (χ3n) is 6.01. The molecule has 0 unspecified atom stereocenters. The number of aromatic carboxylic acids is 1. The van der Waals surface area contributed by atoms with Gasteiger partial charge in [0.2, 0.25) is 0 Å². The maximum Gasteiger partial charge on any atom is 0.335 e. The second-order valence-electron chi connectivity index (χ2n) is 9.86. The highest BCUT2D eigenvalue weighted by Gasteiger charge is 2.37. The quantitative estimate of drug-likeness (QED) is 0.270. The van der Waals surface area contributed by atoms with Gasteiger partial charge in [-0.1, -0.05) is 68.2 Å². The zero-order valence-corrected chi connectivity index (χ0v) is 22.8. The molecule has 1 heterocycles. The Morgan fingerprint density at radius 3 is 2.10 bits per heavy atom. The SMILES string of the molecule is CC(C)(C)c1ccc(N2C(=O)NC(=O)C(=Cc3cc(Cl)c(OCc4ccc(C(=O)O)cc4)c(Cl)c3)C2=O)cc1. The largest absolute Gasteiger partial charge is 0.486 e. The molecule has 0 spiro atoms. The van der Waals surface area contributed by atoms with Crippen molar-refractivity contribution in [2.45, 2.75) is 32.8 Å². The van der Waals surface area contributed by atoms with Crippen molar-refractivity contribution >= 4 is 58.8 Å². The highest BCUT2D eigenvalue weighted by atomic mass is 35.5. The number of benzene rings is 3. The maximum atomic E-state index is 13.2. The number of barbiturate groups is 1. The van der Waals surface area contributed by atoms with Gasteiger partial charge in [0.05, 0.1) is 21.3 Å². The maximum absolute atomic E-state index is 13.2. The molecular weight excluding hydrogens is 543 g/mol. The van der Waals surface area contributed by atoms with Gasteiger partial charge in [-0.25, -0.2) is 14.5 Å². The molecule has 1 aliphatic heterocycles. The van der Waals surface area contributed by atoms with Crippen LogP contribution in [0.25, 0.3) is 6.08 Å². The first-order valence-corrected chi connectivity index (χ1v) is 12.6. The van der Waals surface area contributed by atoms with Crippen molar-refractivity contribution in [1.29, 1.82) is 0 Å². The number of hydrogen-bond acceptors (Lipinski definition) is 5. The van der Waals surface area contributed by atoms with Gasteiger partial charge in [0.25, 0.3) is 11.8 Å². The number of carbonyl (C=O) groups excluding carboxylic acids is 3. The van der Waals surface area contributed by atoms with Crippen LogP contribution in [0, 0.1) is 0 Å². The summed E-state index contributed by atoms with van der Waals surface area (Å²) in [6.45, 7) is 6.22. The van der Waals surface area contributed by atoms with Crippen molar-refractivity contribution in [1.82, 2.24) is 5.32 Å². The Balaban J connectivity index is 1.56. The van der Waals surface area contributed by atoms with Gasteiger partial charge in [-0.2, -0.15) is 0 Å². The van der Waals surface area contributed by atoms with E-state index in [0.717, 1.165) is 10.5 Å². The van der Waals surface area contributed by atoms with Crippen molar-refractivity contribution in [3.63, 3.8) is 0 Å². The molecule has 39 heavy (non-hydrogen) atoms. The number of ether oxygens (including phenoxy) is 1. The fraction of sp³-hybridized carbons (Fsp3) is 0.172. The minimum Gasteiger partial charge on any atom is -0.486 e. The van der Waals surface area contributed by atoms with Gasteiger partial charge in [-0.05, 0) is 64.6 Å². The Labute approximate surface area is 234 Å². The van der Waals surface area contributed by atoms with Crippen molar-refractivity contribution in [2.24, 2.45) is 0 Å². The van der Waals surface area contributed by atoms with Crippen LogP contribution in [0.2, 0.25) is 10.0 Å². The van der Waals surface area contributed by atoms with Gasteiger partial charge in [0.15, 0.2) is 5.75 Å². The Morgan fingerprint density at radius 1 is 0.974 bits per heavy atom. The molecule has 0 atom stereocenters. The monoisotopic (exact) mass is 566 g/mol. The van der Waals surface area contributed by atoms with Crippen LogP contribution in [0.5, 0.6) is 5.75 Å². The molecule has 2 N–H and O–H groups in total. The summed E-state index contributed by atoms with van der Waals surface area (Å²) in [5.41, 5.74) is 2.14. The summed E-state index contributed by atoms with van der Waals surface area (Å²) >= 11 is 12.8. The summed E-state index contributed by atoms with van der Waals surface area (Å²) < 4.78 is 5.73. The van der Waals surface area contributed by atoms with Crippen LogP contribution >= 0.6 is 23.2 Å². The van der Waals surface area contributed by atoms with Gasteiger partial charge in [-0.3, -0.25) is 14.9 Å². The number of urea groups is 1. The van der Waals surface area contributed by atoms with Crippen LogP contribution in [-0.4, -0.2) is 28.9 Å². The molecule has 4 rings (SSSR count). The predicted molar refractivity (Wildman–Crippen MR) is 148 cm³/mol. The number of anilines is 1. The first-order chi connectivity index (χ1) is 18.3. The van der Waals surface area contributed by atoms with Gasteiger partial charge >= 0.3 is 12.0 Å². The zero-order chi connectivity index (χ0) is 28.5. The van der Waals surface area contributed by atoms with Crippen LogP contribution in [0.4, 0.5) is 10.5 Å². The van der Waals surface area contributed by atoms with E-state index in [1.54, 1.807) is 24.3 Å². The number of rotatable bonds is 6. The lowest BCUT2D eigenvalue weighted by Crippen LogP contribution is -2.54. The molecular formula is C29H24Cl2N2O6. The smallest absolute Gasteiger partial charge is 0.335 e. The van der Waals surface area contributed by atoms with E-state index in [1.165, 1.54) is 30.3 Å². The molecule has 1 aliphatic rings. The average molecular weight is 567 g/mol. The molecule has 8 nitrogen and oxygen atoms in total. The molecule has 0 bridgehead atoms. The van der Waals surface area contributed by atoms with Crippen LogP contribution in [0.15, 0.2) is 66.2 Å². The number of nitrogens with zero attached hydrogens (tertiary/aromatic N) is 1. The van der Waals surface area contributed by atoms with E-state index in [4.69, 9.17) is 33.0 Å². The standard InChI is InChI=1S/C29H24Cl2N2O6/c1-29(2,3)19-8-10-20(11-9-19)33-26(35)21(25(34)32-28(33)38)12-17-13-22(30)24(23(31)14-17)39-15-16-4-6-18(7-5-16)27(36)37/h4-14H,15H2,1-3H3,(H,36,37)(H,32,34,38). The predicted octanol–water partition coefficient (Wildman–Crippen LogP) is 6.23. The molecule has 0 aliphatic carbocycles. The summed E-state index contributed by atoms with van der Waals surface area (Å²) in [5, 5.41) is 11.5. The van der Waals surface area contributed by atoms with Crippen LogP contribution in [-0.2, 0) is 21.6 Å². The molecule has 1 fully saturated rings. The topological polar surface area (TPSA) is 113 Å². The van der Waals surface area contributed by atoms with E-state index < -0.39 is 23.8 Å². The Hall–Kier alpha value is -4.14. The fourth-order valence-corrected chi connectivity index (χ4v) is 4.48. The Kier molecular flexibility index (Phi) is 7.81. The first kappa shape index (κ1) is 27.9. The first-order valence-electron chi connectivity index (χ1n) is 11.8.